The molecule has 122 valence electrons. The number of nitrogens with two attached hydrogens (primary N) is 1. The number of ether oxygens (including phenoxy) is 1. The maximum atomic E-state index is 12.4. The number of hydrogen-bond donors (Lipinski definition) is 1. The van der Waals surface area contributed by atoms with Gasteiger partial charge in [0.1, 0.15) is 11.1 Å². The van der Waals surface area contributed by atoms with Gasteiger partial charge in [0.15, 0.2) is 0 Å². The van der Waals surface area contributed by atoms with Gasteiger partial charge in [-0.1, -0.05) is 55.3 Å². The molecule has 0 aromatic heterocycles. The molecule has 0 saturated heterocycles. The summed E-state index contributed by atoms with van der Waals surface area (Å²) in [7, 11) is 0. The van der Waals surface area contributed by atoms with E-state index in [4.69, 9.17) is 10.5 Å². The number of aryl methyl sites for hydroxylation is 1. The van der Waals surface area contributed by atoms with Gasteiger partial charge in [-0.3, -0.25) is 4.79 Å². The first-order valence-electron chi connectivity index (χ1n) is 7.92. The largest absolute Gasteiger partial charge is 0.459 e. The Kier molecular flexibility index (Phi) is 6.36. The normalized spacial score (nSPS) is 14.8. The molecular formula is C19H29NO2. The van der Waals surface area contributed by atoms with E-state index in [0.29, 0.717) is 12.8 Å². The molecular weight excluding hydrogens is 274 g/mol. The average molecular weight is 303 g/mol. The van der Waals surface area contributed by atoms with Gasteiger partial charge in [0, 0.05) is 0 Å². The fourth-order valence-electron chi connectivity index (χ4n) is 2.20. The van der Waals surface area contributed by atoms with Crippen LogP contribution in [0.2, 0.25) is 0 Å². The van der Waals surface area contributed by atoms with Gasteiger partial charge in [-0.15, -0.1) is 0 Å². The van der Waals surface area contributed by atoms with Crippen LogP contribution in [0, 0.1) is 6.92 Å². The third kappa shape index (κ3) is 6.02. The lowest BCUT2D eigenvalue weighted by Crippen LogP contribution is -2.50. The predicted octanol–water partition coefficient (Wildman–Crippen LogP) is 4.24. The molecule has 3 heteroatoms. The van der Waals surface area contributed by atoms with Crippen LogP contribution in [0.25, 0.3) is 6.08 Å². The molecule has 3 nitrogen and oxygen atoms in total. The van der Waals surface area contributed by atoms with Crippen molar-refractivity contribution in [3.8, 4) is 0 Å². The van der Waals surface area contributed by atoms with Gasteiger partial charge in [0.05, 0.1) is 0 Å². The van der Waals surface area contributed by atoms with Crippen LogP contribution in [0.4, 0.5) is 0 Å². The molecule has 1 aromatic rings. The summed E-state index contributed by atoms with van der Waals surface area (Å²) in [4.78, 5) is 12.4. The Bertz CT molecular complexity index is 511. The number of esters is 1. The van der Waals surface area contributed by atoms with Crippen molar-refractivity contribution in [3.63, 3.8) is 0 Å². The molecule has 1 rings (SSSR count). The topological polar surface area (TPSA) is 52.3 Å². The van der Waals surface area contributed by atoms with Crippen molar-refractivity contribution in [3.05, 3.63) is 41.5 Å². The molecule has 0 radical (unpaired) electrons. The molecule has 0 saturated carbocycles. The second-order valence-electron chi connectivity index (χ2n) is 6.93. The number of benzene rings is 1. The van der Waals surface area contributed by atoms with E-state index in [9.17, 15) is 4.79 Å². The number of rotatable bonds is 6. The summed E-state index contributed by atoms with van der Waals surface area (Å²) < 4.78 is 5.48. The SMILES string of the molecule is CCCC(N)(C/C=C/c1ccc(C)cc1)C(=O)OC(C)(C)C. The summed E-state index contributed by atoms with van der Waals surface area (Å²) in [6.45, 7) is 9.66. The highest BCUT2D eigenvalue weighted by atomic mass is 16.6. The van der Waals surface area contributed by atoms with Gasteiger partial charge in [-0.25, -0.2) is 0 Å². The van der Waals surface area contributed by atoms with E-state index in [1.165, 1.54) is 5.56 Å². The van der Waals surface area contributed by atoms with E-state index >= 15 is 0 Å². The minimum atomic E-state index is -0.955. The van der Waals surface area contributed by atoms with E-state index < -0.39 is 11.1 Å². The first-order chi connectivity index (χ1) is 10.2. The number of hydrogen-bond acceptors (Lipinski definition) is 3. The Hall–Kier alpha value is -1.61. The fraction of sp³-hybridized carbons (Fsp3) is 0.526. The highest BCUT2D eigenvalue weighted by molar-refractivity contribution is 5.81. The van der Waals surface area contributed by atoms with Crippen molar-refractivity contribution in [2.75, 3.05) is 0 Å². The van der Waals surface area contributed by atoms with Crippen molar-refractivity contribution >= 4 is 12.0 Å². The van der Waals surface area contributed by atoms with Crippen molar-refractivity contribution < 1.29 is 9.53 Å². The maximum absolute atomic E-state index is 12.4. The molecule has 0 aliphatic heterocycles. The number of carbonyl (C=O) groups excluding carboxylic acids is 1. The predicted molar refractivity (Wildman–Crippen MR) is 92.5 cm³/mol. The fourth-order valence-corrected chi connectivity index (χ4v) is 2.20. The molecule has 0 aliphatic carbocycles. The Morgan fingerprint density at radius 3 is 2.32 bits per heavy atom. The van der Waals surface area contributed by atoms with Crippen LogP contribution < -0.4 is 5.73 Å². The second-order valence-corrected chi connectivity index (χ2v) is 6.93. The van der Waals surface area contributed by atoms with Gasteiger partial charge >= 0.3 is 5.97 Å². The van der Waals surface area contributed by atoms with Crippen LogP contribution in [-0.2, 0) is 9.53 Å². The zero-order chi connectivity index (χ0) is 16.8. The Morgan fingerprint density at radius 1 is 1.23 bits per heavy atom. The lowest BCUT2D eigenvalue weighted by Gasteiger charge is -2.30. The summed E-state index contributed by atoms with van der Waals surface area (Å²) in [5, 5.41) is 0. The van der Waals surface area contributed by atoms with Gasteiger partial charge in [-0.05, 0) is 46.1 Å². The van der Waals surface area contributed by atoms with Crippen LogP contribution >= 0.6 is 0 Å². The molecule has 1 atom stereocenters. The van der Waals surface area contributed by atoms with E-state index in [1.54, 1.807) is 0 Å². The van der Waals surface area contributed by atoms with Gasteiger partial charge < -0.3 is 10.5 Å². The van der Waals surface area contributed by atoms with E-state index in [0.717, 1.165) is 12.0 Å². The van der Waals surface area contributed by atoms with Crippen LogP contribution in [0.3, 0.4) is 0 Å². The highest BCUT2D eigenvalue weighted by Crippen LogP contribution is 2.21. The smallest absolute Gasteiger partial charge is 0.326 e. The summed E-state index contributed by atoms with van der Waals surface area (Å²) in [5.41, 5.74) is 7.18. The van der Waals surface area contributed by atoms with E-state index in [-0.39, 0.29) is 5.97 Å². The monoisotopic (exact) mass is 303 g/mol. The standard InChI is InChI=1S/C19H29NO2/c1-6-13-19(20,17(21)22-18(3,4)5)14-7-8-16-11-9-15(2)10-12-16/h7-12H,6,13-14,20H2,1-5H3/b8-7+. The van der Waals surface area contributed by atoms with Crippen molar-refractivity contribution in [2.45, 2.75) is 65.0 Å². The molecule has 1 aromatic carbocycles. The molecule has 22 heavy (non-hydrogen) atoms. The first-order valence-corrected chi connectivity index (χ1v) is 7.92. The summed E-state index contributed by atoms with van der Waals surface area (Å²) >= 11 is 0. The molecule has 1 unspecified atom stereocenters. The summed E-state index contributed by atoms with van der Waals surface area (Å²) in [6.07, 6.45) is 5.89. The van der Waals surface area contributed by atoms with E-state index in [1.807, 2.05) is 39.8 Å². The van der Waals surface area contributed by atoms with E-state index in [2.05, 4.69) is 31.2 Å². The Balaban J connectivity index is 2.78. The lowest BCUT2D eigenvalue weighted by atomic mass is 9.90. The molecule has 0 amide bonds. The average Bonchev–Trinajstić information content (AvgIpc) is 2.39. The van der Waals surface area contributed by atoms with Crippen LogP contribution in [0.1, 0.15) is 58.1 Å². The summed E-state index contributed by atoms with van der Waals surface area (Å²) in [5.74, 6) is -0.324. The third-order valence-corrected chi connectivity index (χ3v) is 3.37. The van der Waals surface area contributed by atoms with Gasteiger partial charge in [0.2, 0.25) is 0 Å². The van der Waals surface area contributed by atoms with Gasteiger partial charge in [0.25, 0.3) is 0 Å². The highest BCUT2D eigenvalue weighted by Gasteiger charge is 2.35. The molecule has 0 fully saturated rings. The molecule has 2 N–H and O–H groups in total. The van der Waals surface area contributed by atoms with Crippen LogP contribution in [0.15, 0.2) is 30.3 Å². The zero-order valence-electron chi connectivity index (χ0n) is 14.5. The minimum Gasteiger partial charge on any atom is -0.459 e. The molecule has 0 heterocycles. The van der Waals surface area contributed by atoms with Gasteiger partial charge in [-0.2, -0.15) is 0 Å². The Labute approximate surface area is 134 Å². The zero-order valence-corrected chi connectivity index (χ0v) is 14.5. The number of carbonyl (C=O) groups is 1. The van der Waals surface area contributed by atoms with Crippen molar-refractivity contribution in [1.29, 1.82) is 0 Å². The van der Waals surface area contributed by atoms with Crippen LogP contribution in [0.5, 0.6) is 0 Å². The van der Waals surface area contributed by atoms with Crippen molar-refractivity contribution in [1.82, 2.24) is 0 Å². The maximum Gasteiger partial charge on any atom is 0.326 e. The van der Waals surface area contributed by atoms with Crippen molar-refractivity contribution in [2.24, 2.45) is 5.73 Å². The third-order valence-electron chi connectivity index (χ3n) is 3.37. The molecule has 0 spiro atoms. The molecule has 0 aliphatic rings. The first kappa shape index (κ1) is 18.4. The Morgan fingerprint density at radius 2 is 1.82 bits per heavy atom. The van der Waals surface area contributed by atoms with Crippen LogP contribution in [-0.4, -0.2) is 17.1 Å². The minimum absolute atomic E-state index is 0.324. The molecule has 0 bridgehead atoms. The second kappa shape index (κ2) is 7.59. The quantitative estimate of drug-likeness (QED) is 0.800. The lowest BCUT2D eigenvalue weighted by molar-refractivity contribution is -0.161. The summed E-state index contributed by atoms with van der Waals surface area (Å²) in [6, 6.07) is 8.24.